The lowest BCUT2D eigenvalue weighted by molar-refractivity contribution is -0.106. The van der Waals surface area contributed by atoms with Crippen LogP contribution in [0.15, 0.2) is 24.3 Å². The highest BCUT2D eigenvalue weighted by atomic mass is 16.6. The van der Waals surface area contributed by atoms with Gasteiger partial charge >= 0.3 is 0 Å². The molecule has 0 saturated carbocycles. The normalized spacial score (nSPS) is 25.4. The third-order valence-electron chi connectivity index (χ3n) is 2.64. The van der Waals surface area contributed by atoms with Gasteiger partial charge in [0, 0.05) is 0 Å². The first-order chi connectivity index (χ1) is 7.93. The van der Waals surface area contributed by atoms with Gasteiger partial charge in [-0.2, -0.15) is 0 Å². The molecule has 0 bridgehead atoms. The van der Waals surface area contributed by atoms with Crippen LogP contribution in [0.5, 0.6) is 11.5 Å². The van der Waals surface area contributed by atoms with Crippen molar-refractivity contribution in [2.24, 2.45) is 0 Å². The molecule has 0 N–H and O–H groups in total. The van der Waals surface area contributed by atoms with Crippen molar-refractivity contribution in [2.45, 2.75) is 6.10 Å². The molecule has 0 aromatic heterocycles. The van der Waals surface area contributed by atoms with Gasteiger partial charge in [0.1, 0.15) is 12.7 Å². The van der Waals surface area contributed by atoms with Crippen molar-refractivity contribution in [1.82, 2.24) is 0 Å². The average Bonchev–Trinajstić information content (AvgIpc) is 2.39. The molecule has 1 fully saturated rings. The summed E-state index contributed by atoms with van der Waals surface area (Å²) in [6.45, 7) is 2.24. The summed E-state index contributed by atoms with van der Waals surface area (Å²) in [6.07, 6.45) is 0.681. The van der Waals surface area contributed by atoms with E-state index in [9.17, 15) is 0 Å². The van der Waals surface area contributed by atoms with Gasteiger partial charge < -0.3 is 18.9 Å². The second kappa shape index (κ2) is 4.31. The fraction of sp³-hybridized carbons (Fsp3) is 0.417. The molecule has 1 aromatic carbocycles. The van der Waals surface area contributed by atoms with E-state index in [1.807, 2.05) is 24.3 Å². The second-order valence-electron chi connectivity index (χ2n) is 3.74. The molecule has 3 rings (SSSR count). The summed E-state index contributed by atoms with van der Waals surface area (Å²) in [5, 5.41) is 0. The molecular formula is C12H13O4. The Hall–Kier alpha value is -1.26. The van der Waals surface area contributed by atoms with Crippen molar-refractivity contribution in [1.29, 1.82) is 0 Å². The van der Waals surface area contributed by atoms with Crippen molar-refractivity contribution in [2.75, 3.05) is 26.4 Å². The lowest BCUT2D eigenvalue weighted by Crippen LogP contribution is -2.40. The first kappa shape index (κ1) is 9.93. The number of para-hydroxylation sites is 2. The maximum atomic E-state index is 5.76. The van der Waals surface area contributed by atoms with Gasteiger partial charge in [0.05, 0.1) is 19.8 Å². The van der Waals surface area contributed by atoms with Crippen molar-refractivity contribution in [3.8, 4) is 11.5 Å². The molecule has 1 radical (unpaired) electrons. The minimum absolute atomic E-state index is 0.109. The minimum atomic E-state index is -0.109. The largest absolute Gasteiger partial charge is 0.485 e. The molecule has 1 atom stereocenters. The zero-order valence-electron chi connectivity index (χ0n) is 8.85. The third-order valence-corrected chi connectivity index (χ3v) is 2.64. The molecule has 16 heavy (non-hydrogen) atoms. The summed E-state index contributed by atoms with van der Waals surface area (Å²) in [5.74, 6) is 1.53. The molecule has 1 aromatic rings. The SMILES string of the molecule is c1ccc2c(c1)OC[C](C1COCCO1)O2. The number of rotatable bonds is 1. The smallest absolute Gasteiger partial charge is 0.216 e. The van der Waals surface area contributed by atoms with Crippen LogP contribution >= 0.6 is 0 Å². The van der Waals surface area contributed by atoms with Gasteiger partial charge in [0.15, 0.2) is 11.5 Å². The molecule has 1 saturated heterocycles. The summed E-state index contributed by atoms with van der Waals surface area (Å²) in [6, 6.07) is 7.62. The lowest BCUT2D eigenvalue weighted by atomic mass is 10.2. The highest BCUT2D eigenvalue weighted by Crippen LogP contribution is 2.34. The first-order valence-corrected chi connectivity index (χ1v) is 5.38. The molecule has 4 nitrogen and oxygen atoms in total. The minimum Gasteiger partial charge on any atom is -0.485 e. The Morgan fingerprint density at radius 3 is 2.75 bits per heavy atom. The molecule has 1 unspecified atom stereocenters. The highest BCUT2D eigenvalue weighted by Gasteiger charge is 2.32. The second-order valence-corrected chi connectivity index (χ2v) is 3.74. The van der Waals surface area contributed by atoms with E-state index in [1.165, 1.54) is 0 Å². The van der Waals surface area contributed by atoms with Crippen LogP contribution in [0.2, 0.25) is 0 Å². The molecule has 0 aliphatic carbocycles. The van der Waals surface area contributed by atoms with Crippen LogP contribution in [0.4, 0.5) is 0 Å². The number of ether oxygens (including phenoxy) is 4. The van der Waals surface area contributed by atoms with E-state index in [-0.39, 0.29) is 6.10 Å². The van der Waals surface area contributed by atoms with Crippen LogP contribution in [0, 0.1) is 6.10 Å². The Labute approximate surface area is 94.1 Å². The fourth-order valence-corrected chi connectivity index (χ4v) is 1.81. The van der Waals surface area contributed by atoms with Crippen molar-refractivity contribution >= 4 is 0 Å². The Morgan fingerprint density at radius 1 is 1.06 bits per heavy atom. The summed E-state index contributed by atoms with van der Waals surface area (Å²) in [7, 11) is 0. The highest BCUT2D eigenvalue weighted by molar-refractivity contribution is 5.42. The summed E-state index contributed by atoms with van der Waals surface area (Å²) in [4.78, 5) is 0. The van der Waals surface area contributed by atoms with E-state index < -0.39 is 0 Å². The van der Waals surface area contributed by atoms with Crippen LogP contribution < -0.4 is 9.47 Å². The number of benzene rings is 1. The summed E-state index contributed by atoms with van der Waals surface area (Å²) < 4.78 is 22.3. The number of hydrogen-bond acceptors (Lipinski definition) is 4. The van der Waals surface area contributed by atoms with Gasteiger partial charge in [-0.3, -0.25) is 0 Å². The molecule has 0 amide bonds. The van der Waals surface area contributed by atoms with Gasteiger partial charge in [0.25, 0.3) is 0 Å². The van der Waals surface area contributed by atoms with Crippen LogP contribution in [0.1, 0.15) is 0 Å². The Bertz CT molecular complexity index is 360. The maximum Gasteiger partial charge on any atom is 0.216 e. The quantitative estimate of drug-likeness (QED) is 0.718. The standard InChI is InChI=1S/C12H13O4/c1-2-4-10-9(3-1)15-8-12(16-10)11-7-13-5-6-14-11/h1-4,11H,5-8H2. The monoisotopic (exact) mass is 221 g/mol. The van der Waals surface area contributed by atoms with Gasteiger partial charge in [-0.15, -0.1) is 0 Å². The topological polar surface area (TPSA) is 36.9 Å². The molecule has 4 heteroatoms. The molecule has 0 spiro atoms. The predicted molar refractivity (Wildman–Crippen MR) is 56.4 cm³/mol. The maximum absolute atomic E-state index is 5.76. The van der Waals surface area contributed by atoms with E-state index in [0.717, 1.165) is 17.6 Å². The van der Waals surface area contributed by atoms with E-state index in [0.29, 0.717) is 26.4 Å². The zero-order valence-corrected chi connectivity index (χ0v) is 8.85. The van der Waals surface area contributed by atoms with Crippen LogP contribution in [0.25, 0.3) is 0 Å². The summed E-state index contributed by atoms with van der Waals surface area (Å²) in [5.41, 5.74) is 0. The van der Waals surface area contributed by atoms with E-state index in [2.05, 4.69) is 0 Å². The van der Waals surface area contributed by atoms with Crippen molar-refractivity contribution in [3.63, 3.8) is 0 Å². The van der Waals surface area contributed by atoms with E-state index >= 15 is 0 Å². The van der Waals surface area contributed by atoms with Gasteiger partial charge in [-0.1, -0.05) is 12.1 Å². The van der Waals surface area contributed by atoms with Gasteiger partial charge in [-0.05, 0) is 12.1 Å². The molecular weight excluding hydrogens is 208 g/mol. The predicted octanol–water partition coefficient (Wildman–Crippen LogP) is 1.41. The van der Waals surface area contributed by atoms with Crippen molar-refractivity contribution in [3.05, 3.63) is 30.4 Å². The van der Waals surface area contributed by atoms with E-state index in [4.69, 9.17) is 18.9 Å². The Kier molecular flexibility index (Phi) is 2.68. The Balaban J connectivity index is 1.72. The van der Waals surface area contributed by atoms with Gasteiger partial charge in [0.2, 0.25) is 6.10 Å². The van der Waals surface area contributed by atoms with Gasteiger partial charge in [-0.25, -0.2) is 0 Å². The lowest BCUT2D eigenvalue weighted by Gasteiger charge is -2.32. The zero-order chi connectivity index (χ0) is 10.8. The molecule has 2 heterocycles. The van der Waals surface area contributed by atoms with Crippen LogP contribution in [-0.2, 0) is 9.47 Å². The van der Waals surface area contributed by atoms with Crippen LogP contribution in [-0.4, -0.2) is 32.5 Å². The number of hydrogen-bond donors (Lipinski definition) is 0. The Morgan fingerprint density at radius 2 is 1.94 bits per heavy atom. The molecule has 2 aliphatic rings. The summed E-state index contributed by atoms with van der Waals surface area (Å²) >= 11 is 0. The number of fused-ring (bicyclic) bond motifs is 1. The molecule has 2 aliphatic heterocycles. The fourth-order valence-electron chi connectivity index (χ4n) is 1.81. The third kappa shape index (κ3) is 1.86. The van der Waals surface area contributed by atoms with Crippen LogP contribution in [0.3, 0.4) is 0 Å². The molecule has 85 valence electrons. The van der Waals surface area contributed by atoms with Crippen molar-refractivity contribution < 1.29 is 18.9 Å². The van der Waals surface area contributed by atoms with E-state index in [1.54, 1.807) is 0 Å². The average molecular weight is 221 g/mol. The first-order valence-electron chi connectivity index (χ1n) is 5.38.